The van der Waals surface area contributed by atoms with Gasteiger partial charge in [-0.25, -0.2) is 0 Å². The van der Waals surface area contributed by atoms with E-state index in [1.165, 1.54) is 12.1 Å². The van der Waals surface area contributed by atoms with Crippen molar-refractivity contribution in [3.05, 3.63) is 63.5 Å². The van der Waals surface area contributed by atoms with Gasteiger partial charge in [0.15, 0.2) is 0 Å². The Hall–Kier alpha value is -2.26. The van der Waals surface area contributed by atoms with Crippen LogP contribution in [-0.2, 0) is 0 Å². The van der Waals surface area contributed by atoms with Crippen molar-refractivity contribution < 1.29 is 9.52 Å². The number of rotatable bonds is 1. The fourth-order valence-corrected chi connectivity index (χ4v) is 2.42. The Labute approximate surface area is 120 Å². The van der Waals surface area contributed by atoms with Gasteiger partial charge in [0, 0.05) is 6.07 Å². The number of aryl methyl sites for hydroxylation is 1. The minimum absolute atomic E-state index is 0.103. The Balaban J connectivity index is 2.41. The van der Waals surface area contributed by atoms with Crippen molar-refractivity contribution >= 4 is 22.6 Å². The molecule has 0 fully saturated rings. The van der Waals surface area contributed by atoms with Gasteiger partial charge in [-0.3, -0.25) is 4.79 Å². The van der Waals surface area contributed by atoms with Crippen LogP contribution in [0.4, 0.5) is 0 Å². The largest absolute Gasteiger partial charge is 0.506 e. The fourth-order valence-electron chi connectivity index (χ4n) is 2.25. The molecule has 20 heavy (non-hydrogen) atoms. The number of fused-ring (bicyclic) bond motifs is 1. The highest BCUT2D eigenvalue weighted by Gasteiger charge is 2.14. The van der Waals surface area contributed by atoms with Gasteiger partial charge >= 0.3 is 0 Å². The quantitative estimate of drug-likeness (QED) is 0.732. The van der Waals surface area contributed by atoms with Crippen molar-refractivity contribution in [2.75, 3.05) is 0 Å². The van der Waals surface area contributed by atoms with Gasteiger partial charge in [-0.1, -0.05) is 41.9 Å². The van der Waals surface area contributed by atoms with E-state index < -0.39 is 0 Å². The van der Waals surface area contributed by atoms with Crippen molar-refractivity contribution in [3.8, 4) is 16.9 Å². The lowest BCUT2D eigenvalue weighted by molar-refractivity contribution is 0.473. The second kappa shape index (κ2) is 4.69. The zero-order valence-corrected chi connectivity index (χ0v) is 11.4. The van der Waals surface area contributed by atoms with Gasteiger partial charge in [0.05, 0.1) is 16.0 Å². The summed E-state index contributed by atoms with van der Waals surface area (Å²) in [6, 6.07) is 12.1. The van der Waals surface area contributed by atoms with Crippen LogP contribution in [0.5, 0.6) is 5.75 Å². The second-order valence-electron chi connectivity index (χ2n) is 4.53. The number of halogens is 1. The number of hydrogen-bond donors (Lipinski definition) is 1. The van der Waals surface area contributed by atoms with E-state index in [4.69, 9.17) is 16.0 Å². The summed E-state index contributed by atoms with van der Waals surface area (Å²) < 4.78 is 5.65. The van der Waals surface area contributed by atoms with E-state index in [9.17, 15) is 9.90 Å². The summed E-state index contributed by atoms with van der Waals surface area (Å²) in [4.78, 5) is 12.6. The lowest BCUT2D eigenvalue weighted by Gasteiger charge is -2.07. The molecule has 4 heteroatoms. The summed E-state index contributed by atoms with van der Waals surface area (Å²) in [6.45, 7) is 1.73. The van der Waals surface area contributed by atoms with Crippen LogP contribution in [0.15, 0.2) is 51.7 Å². The molecular weight excluding hydrogens is 276 g/mol. The van der Waals surface area contributed by atoms with Crippen LogP contribution >= 0.6 is 11.6 Å². The van der Waals surface area contributed by atoms with Crippen molar-refractivity contribution in [3.63, 3.8) is 0 Å². The summed E-state index contributed by atoms with van der Waals surface area (Å²) in [6.07, 6.45) is 0. The summed E-state index contributed by atoms with van der Waals surface area (Å²) in [5, 5.41) is 10.1. The molecule has 1 N–H and O–H groups in total. The van der Waals surface area contributed by atoms with Gasteiger partial charge in [-0.15, -0.1) is 0 Å². The Morgan fingerprint density at radius 2 is 1.85 bits per heavy atom. The third-order valence-corrected chi connectivity index (χ3v) is 3.50. The van der Waals surface area contributed by atoms with E-state index in [2.05, 4.69) is 0 Å². The molecule has 3 nitrogen and oxygen atoms in total. The highest BCUT2D eigenvalue weighted by molar-refractivity contribution is 6.32. The average Bonchev–Trinajstić information content (AvgIpc) is 2.43. The Bertz CT molecular complexity index is 851. The summed E-state index contributed by atoms with van der Waals surface area (Å²) in [5.41, 5.74) is 1.48. The van der Waals surface area contributed by atoms with Gasteiger partial charge in [-0.2, -0.15) is 0 Å². The topological polar surface area (TPSA) is 50.4 Å². The molecule has 0 saturated carbocycles. The molecule has 1 aromatic heterocycles. The molecule has 0 amide bonds. The van der Waals surface area contributed by atoms with Crippen LogP contribution in [0.25, 0.3) is 22.1 Å². The van der Waals surface area contributed by atoms with Crippen LogP contribution in [0, 0.1) is 6.92 Å². The first-order valence-electron chi connectivity index (χ1n) is 6.09. The van der Waals surface area contributed by atoms with Crippen molar-refractivity contribution in [1.82, 2.24) is 0 Å². The zero-order valence-electron chi connectivity index (χ0n) is 10.7. The molecule has 3 rings (SSSR count). The second-order valence-corrected chi connectivity index (χ2v) is 4.94. The number of hydrogen-bond acceptors (Lipinski definition) is 3. The lowest BCUT2D eigenvalue weighted by Crippen LogP contribution is -2.07. The molecule has 3 aromatic rings. The molecule has 100 valence electrons. The average molecular weight is 287 g/mol. The smallest absolute Gasteiger partial charge is 0.200 e. The van der Waals surface area contributed by atoms with E-state index >= 15 is 0 Å². The molecule has 0 saturated heterocycles. The van der Waals surface area contributed by atoms with Crippen LogP contribution in [0.1, 0.15) is 5.76 Å². The summed E-state index contributed by atoms with van der Waals surface area (Å²) in [7, 11) is 0. The van der Waals surface area contributed by atoms with Gasteiger partial charge in [0.25, 0.3) is 0 Å². The Kier molecular flexibility index (Phi) is 2.99. The number of phenolic OH excluding ortho intramolecular Hbond substituents is 1. The summed E-state index contributed by atoms with van der Waals surface area (Å²) >= 11 is 5.87. The monoisotopic (exact) mass is 286 g/mol. The maximum atomic E-state index is 12.6. The third-order valence-electron chi connectivity index (χ3n) is 3.20. The van der Waals surface area contributed by atoms with Crippen molar-refractivity contribution in [1.29, 1.82) is 0 Å². The molecule has 0 aliphatic heterocycles. The third kappa shape index (κ3) is 1.96. The molecule has 0 spiro atoms. The molecule has 0 aliphatic carbocycles. The molecule has 0 unspecified atom stereocenters. The molecule has 0 radical (unpaired) electrons. The fraction of sp³-hybridized carbons (Fsp3) is 0.0625. The van der Waals surface area contributed by atoms with E-state index in [0.29, 0.717) is 22.3 Å². The maximum absolute atomic E-state index is 12.6. The molecule has 2 aromatic carbocycles. The first-order chi connectivity index (χ1) is 9.58. The van der Waals surface area contributed by atoms with E-state index in [1.54, 1.807) is 6.92 Å². The molecule has 0 atom stereocenters. The van der Waals surface area contributed by atoms with E-state index in [0.717, 1.165) is 5.56 Å². The normalized spacial score (nSPS) is 10.9. The lowest BCUT2D eigenvalue weighted by atomic mass is 10.0. The molecule has 0 aliphatic rings. The standard InChI is InChI=1S/C16H11ClO3/c1-9-15(10-5-3-2-4-6-10)16(19)11-7-12(17)13(18)8-14(11)20-9/h2-8,18H,1H3. The van der Waals surface area contributed by atoms with Crippen LogP contribution in [0.2, 0.25) is 5.02 Å². The Morgan fingerprint density at radius 1 is 1.15 bits per heavy atom. The number of benzene rings is 2. The van der Waals surface area contributed by atoms with Crippen LogP contribution in [-0.4, -0.2) is 5.11 Å². The highest BCUT2D eigenvalue weighted by Crippen LogP contribution is 2.30. The van der Waals surface area contributed by atoms with Crippen molar-refractivity contribution in [2.24, 2.45) is 0 Å². The molecular formula is C16H11ClO3. The van der Waals surface area contributed by atoms with Crippen LogP contribution in [0.3, 0.4) is 0 Å². The van der Waals surface area contributed by atoms with Gasteiger partial charge < -0.3 is 9.52 Å². The van der Waals surface area contributed by atoms with Gasteiger partial charge in [-0.05, 0) is 18.6 Å². The zero-order chi connectivity index (χ0) is 14.3. The van der Waals surface area contributed by atoms with Crippen molar-refractivity contribution in [2.45, 2.75) is 6.92 Å². The predicted molar refractivity (Wildman–Crippen MR) is 79.3 cm³/mol. The SMILES string of the molecule is Cc1oc2cc(O)c(Cl)cc2c(=O)c1-c1ccccc1. The van der Waals surface area contributed by atoms with E-state index in [-0.39, 0.29) is 16.2 Å². The molecule has 0 bridgehead atoms. The minimum Gasteiger partial charge on any atom is -0.506 e. The minimum atomic E-state index is -0.156. The summed E-state index contributed by atoms with van der Waals surface area (Å²) in [5.74, 6) is 0.407. The van der Waals surface area contributed by atoms with Gasteiger partial charge in [0.1, 0.15) is 17.1 Å². The van der Waals surface area contributed by atoms with Gasteiger partial charge in [0.2, 0.25) is 5.43 Å². The number of phenols is 1. The predicted octanol–water partition coefficient (Wildman–Crippen LogP) is 4.13. The van der Waals surface area contributed by atoms with Crippen LogP contribution < -0.4 is 5.43 Å². The first kappa shape index (κ1) is 12.8. The Morgan fingerprint density at radius 3 is 2.55 bits per heavy atom. The first-order valence-corrected chi connectivity index (χ1v) is 6.47. The number of aromatic hydroxyl groups is 1. The maximum Gasteiger partial charge on any atom is 0.200 e. The van der Waals surface area contributed by atoms with E-state index in [1.807, 2.05) is 30.3 Å². The highest BCUT2D eigenvalue weighted by atomic mass is 35.5. The molecule has 1 heterocycles.